The Kier molecular flexibility index (Phi) is 4.93. The molecule has 2 fully saturated rings. The van der Waals surface area contributed by atoms with Gasteiger partial charge >= 0.3 is 0 Å². The van der Waals surface area contributed by atoms with E-state index in [0.29, 0.717) is 38.1 Å². The molecule has 0 saturated carbocycles. The molecule has 142 valence electrons. The van der Waals surface area contributed by atoms with Crippen LogP contribution in [0.4, 0.5) is 0 Å². The summed E-state index contributed by atoms with van der Waals surface area (Å²) in [6, 6.07) is 11.4. The Morgan fingerprint density at radius 2 is 2.04 bits per heavy atom. The molecule has 1 amide bonds. The molecule has 2 aliphatic heterocycles. The van der Waals surface area contributed by atoms with Crippen molar-refractivity contribution < 1.29 is 14.6 Å². The largest absolute Gasteiger partial charge is 0.390 e. The third-order valence-electron chi connectivity index (χ3n) is 5.72. The summed E-state index contributed by atoms with van der Waals surface area (Å²) >= 11 is 0. The average molecular weight is 367 g/mol. The Bertz CT molecular complexity index is 814. The van der Waals surface area contributed by atoms with Gasteiger partial charge in [0.2, 0.25) is 0 Å². The van der Waals surface area contributed by atoms with Crippen LogP contribution >= 0.6 is 0 Å². The van der Waals surface area contributed by atoms with E-state index in [1.54, 1.807) is 0 Å². The van der Waals surface area contributed by atoms with Crippen molar-refractivity contribution in [1.82, 2.24) is 15.1 Å². The minimum atomic E-state index is -0.464. The number of aryl methyl sites for hydroxylation is 1. The minimum Gasteiger partial charge on any atom is -0.390 e. The van der Waals surface area contributed by atoms with Crippen molar-refractivity contribution in [3.8, 4) is 11.3 Å². The fourth-order valence-corrected chi connectivity index (χ4v) is 4.02. The number of ether oxygens (including phenoxy) is 1. The van der Waals surface area contributed by atoms with E-state index in [2.05, 4.69) is 10.2 Å². The van der Waals surface area contributed by atoms with Crippen LogP contribution in [0.25, 0.3) is 11.3 Å². The van der Waals surface area contributed by atoms with Gasteiger partial charge in [0.05, 0.1) is 23.1 Å². The van der Waals surface area contributed by atoms with Crippen LogP contribution in [-0.4, -0.2) is 57.5 Å². The molecule has 0 aliphatic carbocycles. The Balaban J connectivity index is 1.47. The van der Waals surface area contributed by atoms with Gasteiger partial charge in [0.15, 0.2) is 0 Å². The molecule has 1 N–H and O–H groups in total. The maximum atomic E-state index is 13.0. The first kappa shape index (κ1) is 18.1. The number of likely N-dealkylation sites (tertiary alicyclic amines) is 1. The Morgan fingerprint density at radius 1 is 1.22 bits per heavy atom. The molecule has 2 aliphatic rings. The molecule has 0 radical (unpaired) electrons. The first-order chi connectivity index (χ1) is 13.1. The van der Waals surface area contributed by atoms with E-state index in [4.69, 9.17) is 4.74 Å². The van der Waals surface area contributed by atoms with Crippen molar-refractivity contribution >= 4 is 5.91 Å². The van der Waals surface area contributed by atoms with Crippen LogP contribution in [0.15, 0.2) is 36.4 Å². The zero-order chi connectivity index (χ0) is 18.9. The Hall–Kier alpha value is -2.31. The third-order valence-corrected chi connectivity index (χ3v) is 5.72. The maximum absolute atomic E-state index is 13.0. The van der Waals surface area contributed by atoms with E-state index in [0.717, 1.165) is 29.8 Å². The molecule has 2 aromatic rings. The summed E-state index contributed by atoms with van der Waals surface area (Å²) in [5, 5.41) is 18.7. The minimum absolute atomic E-state index is 0.0112. The maximum Gasteiger partial charge on any atom is 0.253 e. The molecule has 1 spiro atoms. The molecule has 3 heterocycles. The van der Waals surface area contributed by atoms with Gasteiger partial charge in [-0.25, -0.2) is 0 Å². The van der Waals surface area contributed by atoms with Crippen LogP contribution in [0.1, 0.15) is 41.7 Å². The number of rotatable bonds is 2. The van der Waals surface area contributed by atoms with E-state index >= 15 is 0 Å². The van der Waals surface area contributed by atoms with E-state index in [1.807, 2.05) is 48.2 Å². The molecular weight excluding hydrogens is 342 g/mol. The first-order valence-corrected chi connectivity index (χ1v) is 9.59. The topological polar surface area (TPSA) is 75.6 Å². The summed E-state index contributed by atoms with van der Waals surface area (Å²) in [5.74, 6) is 0.0112. The second-order valence-electron chi connectivity index (χ2n) is 7.50. The molecule has 1 aromatic carbocycles. The molecular formula is C21H25N3O3. The SMILES string of the molecule is Cc1ccc(-c2cccc(C(=O)N3CCC4(CC3)OCCC[C@H]4O)c2)nn1. The zero-order valence-electron chi connectivity index (χ0n) is 15.6. The normalized spacial score (nSPS) is 22.0. The van der Waals surface area contributed by atoms with E-state index in [-0.39, 0.29) is 5.91 Å². The number of aromatic nitrogens is 2. The van der Waals surface area contributed by atoms with Crippen LogP contribution < -0.4 is 0 Å². The summed E-state index contributed by atoms with van der Waals surface area (Å²) in [4.78, 5) is 14.8. The molecule has 1 atom stereocenters. The quantitative estimate of drug-likeness (QED) is 0.883. The molecule has 6 heteroatoms. The molecule has 1 aromatic heterocycles. The van der Waals surface area contributed by atoms with Gasteiger partial charge in [-0.15, -0.1) is 0 Å². The Labute approximate surface area is 159 Å². The van der Waals surface area contributed by atoms with Crippen molar-refractivity contribution in [1.29, 1.82) is 0 Å². The number of aliphatic hydroxyl groups is 1. The highest BCUT2D eigenvalue weighted by atomic mass is 16.5. The fraction of sp³-hybridized carbons (Fsp3) is 0.476. The predicted octanol–water partition coefficient (Wildman–Crippen LogP) is 2.60. The number of carbonyl (C=O) groups excluding carboxylic acids is 1. The van der Waals surface area contributed by atoms with Gasteiger partial charge in [0, 0.05) is 30.8 Å². The lowest BCUT2D eigenvalue weighted by Crippen LogP contribution is -2.56. The summed E-state index contributed by atoms with van der Waals surface area (Å²) < 4.78 is 5.94. The average Bonchev–Trinajstić information content (AvgIpc) is 2.71. The number of aliphatic hydroxyl groups excluding tert-OH is 1. The van der Waals surface area contributed by atoms with Gasteiger partial charge in [-0.1, -0.05) is 12.1 Å². The first-order valence-electron chi connectivity index (χ1n) is 9.59. The lowest BCUT2D eigenvalue weighted by Gasteiger charge is -2.46. The lowest BCUT2D eigenvalue weighted by molar-refractivity contribution is -0.174. The summed E-state index contributed by atoms with van der Waals surface area (Å²) in [5.41, 5.74) is 2.68. The summed E-state index contributed by atoms with van der Waals surface area (Å²) in [6.07, 6.45) is 2.63. The number of benzene rings is 1. The summed E-state index contributed by atoms with van der Waals surface area (Å²) in [7, 11) is 0. The number of piperidine rings is 1. The van der Waals surface area contributed by atoms with E-state index < -0.39 is 11.7 Å². The summed E-state index contributed by atoms with van der Waals surface area (Å²) in [6.45, 7) is 3.80. The van der Waals surface area contributed by atoms with E-state index in [1.165, 1.54) is 0 Å². The molecule has 2 saturated heterocycles. The lowest BCUT2D eigenvalue weighted by atomic mass is 9.82. The molecule has 0 unspecified atom stereocenters. The van der Waals surface area contributed by atoms with Crippen LogP contribution in [0.5, 0.6) is 0 Å². The van der Waals surface area contributed by atoms with Crippen LogP contribution in [0, 0.1) is 6.92 Å². The van der Waals surface area contributed by atoms with Gasteiger partial charge in [-0.2, -0.15) is 10.2 Å². The van der Waals surface area contributed by atoms with Gasteiger partial charge in [-0.05, 0) is 56.9 Å². The second-order valence-corrected chi connectivity index (χ2v) is 7.50. The van der Waals surface area contributed by atoms with Crippen molar-refractivity contribution in [2.75, 3.05) is 19.7 Å². The number of amides is 1. The van der Waals surface area contributed by atoms with Gasteiger partial charge in [-0.3, -0.25) is 4.79 Å². The van der Waals surface area contributed by atoms with Gasteiger partial charge in [0.25, 0.3) is 5.91 Å². The molecule has 27 heavy (non-hydrogen) atoms. The number of hydrogen-bond acceptors (Lipinski definition) is 5. The van der Waals surface area contributed by atoms with Crippen molar-refractivity contribution in [2.45, 2.75) is 44.3 Å². The Morgan fingerprint density at radius 3 is 2.74 bits per heavy atom. The van der Waals surface area contributed by atoms with Crippen LogP contribution in [0.3, 0.4) is 0 Å². The van der Waals surface area contributed by atoms with Crippen molar-refractivity contribution in [3.63, 3.8) is 0 Å². The van der Waals surface area contributed by atoms with Crippen LogP contribution in [0.2, 0.25) is 0 Å². The zero-order valence-corrected chi connectivity index (χ0v) is 15.6. The molecule has 6 nitrogen and oxygen atoms in total. The highest BCUT2D eigenvalue weighted by Gasteiger charge is 2.44. The van der Waals surface area contributed by atoms with Crippen molar-refractivity contribution in [3.05, 3.63) is 47.7 Å². The smallest absolute Gasteiger partial charge is 0.253 e. The standard InChI is InChI=1S/C21H25N3O3/c1-15-7-8-18(23-22-15)16-4-2-5-17(14-16)20(26)24-11-9-21(10-12-24)19(25)6-3-13-27-21/h2,4-5,7-8,14,19,25H,3,6,9-13H2,1H3/t19-/m1/s1. The second kappa shape index (κ2) is 7.37. The third kappa shape index (κ3) is 3.59. The van der Waals surface area contributed by atoms with Crippen molar-refractivity contribution in [2.24, 2.45) is 0 Å². The molecule has 0 bridgehead atoms. The van der Waals surface area contributed by atoms with Gasteiger partial charge in [0.1, 0.15) is 0 Å². The highest BCUT2D eigenvalue weighted by molar-refractivity contribution is 5.95. The van der Waals surface area contributed by atoms with Crippen LogP contribution in [-0.2, 0) is 4.74 Å². The monoisotopic (exact) mass is 367 g/mol. The number of nitrogens with zero attached hydrogens (tertiary/aromatic N) is 3. The van der Waals surface area contributed by atoms with E-state index in [9.17, 15) is 9.90 Å². The number of hydrogen-bond donors (Lipinski definition) is 1. The molecule has 4 rings (SSSR count). The highest BCUT2D eigenvalue weighted by Crippen LogP contribution is 2.35. The fourth-order valence-electron chi connectivity index (χ4n) is 4.02. The predicted molar refractivity (Wildman–Crippen MR) is 101 cm³/mol. The number of carbonyl (C=O) groups is 1. The van der Waals surface area contributed by atoms with Gasteiger partial charge < -0.3 is 14.7 Å².